The molecule has 0 saturated carbocycles. The smallest absolute Gasteiger partial charge is 0.333 e. The fourth-order valence-corrected chi connectivity index (χ4v) is 6.52. The average molecular weight is 874 g/mol. The Morgan fingerprint density at radius 2 is 1.77 bits per heavy atom. The number of aromatic nitrogens is 1. The van der Waals surface area contributed by atoms with E-state index in [0.29, 0.717) is 18.0 Å². The molecule has 17 nitrogen and oxygen atoms in total. The number of esters is 1. The molecule has 3 aliphatic rings. The number of aliphatic hydroxyl groups excluding tert-OH is 1. The van der Waals surface area contributed by atoms with Crippen molar-refractivity contribution in [2.45, 2.75) is 66.3 Å². The van der Waals surface area contributed by atoms with Gasteiger partial charge in [-0.3, -0.25) is 19.3 Å². The Balaban J connectivity index is 0.000000825. The van der Waals surface area contributed by atoms with Crippen LogP contribution in [0.5, 0.6) is 0 Å². The van der Waals surface area contributed by atoms with Gasteiger partial charge in [-0.05, 0) is 82.5 Å². The molecule has 8 N–H and O–H groups in total. The number of benzene rings is 1. The lowest BCUT2D eigenvalue weighted by molar-refractivity contribution is -0.140. The molecule has 1 aromatic carbocycles. The average Bonchev–Trinajstić information content (AvgIpc) is 3.83. The maximum atomic E-state index is 12.9. The molecule has 1 saturated heterocycles. The number of aliphatic carboxylic acids is 1. The van der Waals surface area contributed by atoms with Gasteiger partial charge in [-0.25, -0.2) is 13.8 Å². The lowest BCUT2D eigenvalue weighted by Crippen LogP contribution is -2.47. The molecule has 5 rings (SSSR count). The molecule has 18 heteroatoms. The van der Waals surface area contributed by atoms with E-state index in [-0.39, 0.29) is 73.1 Å². The minimum absolute atomic E-state index is 0. The van der Waals surface area contributed by atoms with Gasteiger partial charge in [0.05, 0.1) is 36.2 Å². The van der Waals surface area contributed by atoms with Crippen LogP contribution in [0.2, 0.25) is 0 Å². The molecule has 2 amide bonds. The topological polar surface area (TPSA) is 271 Å². The lowest BCUT2D eigenvalue weighted by atomic mass is 9.79. The summed E-state index contributed by atoms with van der Waals surface area (Å²) in [5.41, 5.74) is 10.9. The summed E-state index contributed by atoms with van der Waals surface area (Å²) >= 11 is -2.53. The number of amides is 2. The van der Waals surface area contributed by atoms with Crippen molar-refractivity contribution in [1.82, 2.24) is 25.8 Å². The van der Waals surface area contributed by atoms with Crippen LogP contribution >= 0.6 is 0 Å². The van der Waals surface area contributed by atoms with Gasteiger partial charge in [0.2, 0.25) is 11.8 Å². The third-order valence-electron chi connectivity index (χ3n) is 9.37. The number of likely N-dealkylation sites (N-methyl/N-ethyl adjacent to an activating group) is 1. The third kappa shape index (κ3) is 18.5. The fourth-order valence-electron chi connectivity index (χ4n) is 6.18. The van der Waals surface area contributed by atoms with E-state index in [4.69, 9.17) is 15.9 Å². The summed E-state index contributed by atoms with van der Waals surface area (Å²) < 4.78 is 28.7. The zero-order valence-corrected chi connectivity index (χ0v) is 37.2. The maximum absolute atomic E-state index is 12.9. The molecular weight excluding hydrogens is 809 g/mol. The summed E-state index contributed by atoms with van der Waals surface area (Å²) in [5.74, 6) is -1.45. The summed E-state index contributed by atoms with van der Waals surface area (Å²) in [6, 6.07) is 6.82. The normalized spacial score (nSPS) is 16.8. The van der Waals surface area contributed by atoms with Crippen molar-refractivity contribution in [2.24, 2.45) is 17.6 Å². The standard InChI is InChI=1S/C20H25N3O.C7H13NO4S.C6H9NO.C6H10O3.C4H6O2.H3N/c1-4-23(5-2)20(24)14-9-16-15-7-6-8-17-19(15)13(11-21-17)10-18(16)22(3)12-14;1-5(4-12-13(10)11)3-7(9)6(2)8;1-2-7-5-3-4-6(7)8;1-5(2)6(8)9-4-3-7;1-3(2)4(5)6;/h6-9,11,14,18,21H,4-5,10,12H2,1-3H3;5H,2-4,8H2,1H3,(H,10,11);2H,1,3-5H2;7H,1,3-4H2,2H3;1H2,2H3,(H,5,6);1H3/p-1/t14-,18-;;;;;/m1...../s1. The number of allylic oxidation sites excluding steroid dienone is 1. The summed E-state index contributed by atoms with van der Waals surface area (Å²) in [5, 5.41) is 17.4. The van der Waals surface area contributed by atoms with Crippen LogP contribution in [0.3, 0.4) is 0 Å². The number of carbonyl (C=O) groups excluding carboxylic acids is 4. The Bertz CT molecular complexity index is 1890. The van der Waals surface area contributed by atoms with Crippen LogP contribution in [0.25, 0.3) is 16.5 Å². The highest BCUT2D eigenvalue weighted by atomic mass is 32.2. The maximum Gasteiger partial charge on any atom is 0.333 e. The predicted molar refractivity (Wildman–Crippen MR) is 236 cm³/mol. The van der Waals surface area contributed by atoms with Crippen LogP contribution in [-0.4, -0.2) is 127 Å². The van der Waals surface area contributed by atoms with Gasteiger partial charge in [0.1, 0.15) is 6.61 Å². The van der Waals surface area contributed by atoms with Gasteiger partial charge in [0.15, 0.2) is 5.78 Å². The third-order valence-corrected chi connectivity index (χ3v) is 9.70. The number of nitrogens with one attached hydrogen (secondary N) is 1. The van der Waals surface area contributed by atoms with Crippen molar-refractivity contribution in [3.63, 3.8) is 0 Å². The molecular formula is C43H65N6O11S-. The van der Waals surface area contributed by atoms with Crippen LogP contribution in [0.4, 0.5) is 0 Å². The molecule has 0 spiro atoms. The van der Waals surface area contributed by atoms with Crippen LogP contribution < -0.4 is 11.9 Å². The minimum Gasteiger partial charge on any atom is -0.750 e. The Kier molecular flexibility index (Phi) is 25.9. The van der Waals surface area contributed by atoms with Gasteiger partial charge in [-0.2, -0.15) is 0 Å². The number of aromatic amines is 1. The number of rotatable bonds is 14. The highest BCUT2D eigenvalue weighted by molar-refractivity contribution is 7.74. The number of likely N-dealkylation sites (tertiary alicyclic amines) is 1. The quantitative estimate of drug-likeness (QED) is 0.0999. The first-order valence-electron chi connectivity index (χ1n) is 19.5. The molecule has 2 aromatic rings. The molecule has 61 heavy (non-hydrogen) atoms. The predicted octanol–water partition coefficient (Wildman–Crippen LogP) is 4.43. The second-order valence-corrected chi connectivity index (χ2v) is 14.9. The largest absolute Gasteiger partial charge is 0.750 e. The molecule has 3 heterocycles. The number of nitrogens with zero attached hydrogens (tertiary/aromatic N) is 3. The molecule has 0 bridgehead atoms. The van der Waals surface area contributed by atoms with E-state index in [1.54, 1.807) is 24.9 Å². The summed E-state index contributed by atoms with van der Waals surface area (Å²) in [7, 11) is 2.15. The number of H-pyrrole nitrogens is 1. The van der Waals surface area contributed by atoms with Crippen molar-refractivity contribution in [1.29, 1.82) is 0 Å². The van der Waals surface area contributed by atoms with Crippen LogP contribution in [0.1, 0.15) is 65.0 Å². The van der Waals surface area contributed by atoms with E-state index in [1.807, 2.05) is 4.90 Å². The van der Waals surface area contributed by atoms with Gasteiger partial charge >= 0.3 is 11.9 Å². The summed E-state index contributed by atoms with van der Waals surface area (Å²) in [4.78, 5) is 63.9. The van der Waals surface area contributed by atoms with E-state index in [1.165, 1.54) is 34.5 Å². The van der Waals surface area contributed by atoms with Gasteiger partial charge < -0.3 is 50.4 Å². The van der Waals surface area contributed by atoms with Gasteiger partial charge in [0.25, 0.3) is 0 Å². The fraction of sp³-hybridized carbons (Fsp3) is 0.465. The van der Waals surface area contributed by atoms with Crippen LogP contribution in [-0.2, 0) is 50.7 Å². The number of fused-ring (bicyclic) bond motifs is 2. The number of carbonyl (C=O) groups is 5. The zero-order chi connectivity index (χ0) is 45.7. The number of ketones is 1. The van der Waals surface area contributed by atoms with Crippen LogP contribution in [0, 0.1) is 11.8 Å². The molecule has 2 unspecified atom stereocenters. The van der Waals surface area contributed by atoms with Gasteiger partial charge in [-0.15, -0.1) is 0 Å². The molecule has 1 aromatic heterocycles. The van der Waals surface area contributed by atoms with E-state index in [0.717, 1.165) is 39.0 Å². The highest BCUT2D eigenvalue weighted by Crippen LogP contribution is 2.41. The van der Waals surface area contributed by atoms with E-state index in [9.17, 15) is 32.7 Å². The van der Waals surface area contributed by atoms with Crippen LogP contribution in [0.15, 0.2) is 79.8 Å². The summed E-state index contributed by atoms with van der Waals surface area (Å²) in [6.45, 7) is 25.2. The number of nitrogens with two attached hydrogens (primary N) is 1. The van der Waals surface area contributed by atoms with E-state index in [2.05, 4.69) is 96.5 Å². The molecule has 4 atom stereocenters. The van der Waals surface area contributed by atoms with E-state index < -0.39 is 23.3 Å². The van der Waals surface area contributed by atoms with Crippen molar-refractivity contribution >= 4 is 57.4 Å². The number of ether oxygens (including phenoxy) is 1. The first-order valence-corrected chi connectivity index (χ1v) is 20.5. The highest BCUT2D eigenvalue weighted by Gasteiger charge is 2.36. The minimum atomic E-state index is -2.53. The van der Waals surface area contributed by atoms with Crippen molar-refractivity contribution in [3.05, 3.63) is 91.0 Å². The lowest BCUT2D eigenvalue weighted by Gasteiger charge is -2.40. The van der Waals surface area contributed by atoms with Crippen molar-refractivity contribution < 1.29 is 51.9 Å². The Hall–Kier alpha value is -5.24. The number of carboxylic acids is 1. The second-order valence-electron chi connectivity index (χ2n) is 14.3. The molecule has 1 aliphatic carbocycles. The molecule has 2 aliphatic heterocycles. The second kappa shape index (κ2) is 28.3. The summed E-state index contributed by atoms with van der Waals surface area (Å²) in [6.07, 6.45) is 8.84. The Morgan fingerprint density at radius 3 is 2.23 bits per heavy atom. The molecule has 340 valence electrons. The Labute approximate surface area is 362 Å². The van der Waals surface area contributed by atoms with E-state index >= 15 is 0 Å². The number of aliphatic hydroxyl groups is 1. The number of Topliss-reactive ketones (excluding diaryl/α,β-unsaturated/α-hetero) is 1. The molecule has 0 radical (unpaired) electrons. The number of carboxylic acid groups (broad SMARTS) is 1. The van der Waals surface area contributed by atoms with Crippen molar-refractivity contribution in [3.8, 4) is 0 Å². The number of hydrogen-bond donors (Lipinski definition) is 5. The first kappa shape index (κ1) is 55.8. The monoisotopic (exact) mass is 873 g/mol. The molecule has 1 fully saturated rings. The Morgan fingerprint density at radius 1 is 1.15 bits per heavy atom. The number of hydrogen-bond acceptors (Lipinski definition) is 13. The van der Waals surface area contributed by atoms with Crippen molar-refractivity contribution in [2.75, 3.05) is 53.0 Å². The first-order chi connectivity index (χ1) is 28.2. The zero-order valence-electron chi connectivity index (χ0n) is 36.4. The van der Waals surface area contributed by atoms with Gasteiger partial charge in [0, 0.05) is 73.3 Å². The SMILES string of the molecule is C=C(C)C(=O)O.C=C(C)C(=O)OCCO.C=C(N)C(=O)CC(C)COS(=O)[O-].C=CN1CCCC1=O.CCN(CC)C(=O)[C@@H]1C=C2c3cccc4[nH]cc(c34)C[C@H]2N(C)C1.N. The van der Waals surface area contributed by atoms with Gasteiger partial charge in [-0.1, -0.05) is 51.4 Å².